The summed E-state index contributed by atoms with van der Waals surface area (Å²) in [7, 11) is 1.92. The first-order chi connectivity index (χ1) is 8.77. The van der Waals surface area contributed by atoms with Crippen LogP contribution in [0, 0.1) is 0 Å². The Morgan fingerprint density at radius 3 is 3.11 bits per heavy atom. The zero-order valence-electron chi connectivity index (χ0n) is 10.3. The number of aromatic amines is 1. The highest BCUT2D eigenvalue weighted by Crippen LogP contribution is 2.24. The molecule has 0 saturated carbocycles. The molecule has 1 aromatic carbocycles. The summed E-state index contributed by atoms with van der Waals surface area (Å²) in [4.78, 5) is 17.6. The third-order valence-electron chi connectivity index (χ3n) is 3.59. The predicted octanol–water partition coefficient (Wildman–Crippen LogP) is 2.75. The molecule has 1 aliphatic rings. The van der Waals surface area contributed by atoms with Crippen molar-refractivity contribution in [3.05, 3.63) is 36.0 Å². The predicted molar refractivity (Wildman–Crippen MR) is 76.1 cm³/mol. The van der Waals surface area contributed by atoms with Gasteiger partial charge in [0.05, 0.1) is 11.1 Å². The minimum atomic E-state index is 0.121. The molecule has 0 radical (unpaired) electrons. The summed E-state index contributed by atoms with van der Waals surface area (Å²) in [6.07, 6.45) is 2.99. The van der Waals surface area contributed by atoms with Crippen molar-refractivity contribution in [3.63, 3.8) is 0 Å². The van der Waals surface area contributed by atoms with Crippen molar-refractivity contribution in [2.24, 2.45) is 0 Å². The lowest BCUT2D eigenvalue weighted by Gasteiger charge is -2.24. The Labute approximate surface area is 111 Å². The van der Waals surface area contributed by atoms with E-state index in [0.29, 0.717) is 6.04 Å². The van der Waals surface area contributed by atoms with Crippen molar-refractivity contribution in [3.8, 4) is 0 Å². The highest BCUT2D eigenvalue weighted by Gasteiger charge is 2.25. The quantitative estimate of drug-likeness (QED) is 0.901. The second kappa shape index (κ2) is 4.69. The normalized spacial score (nSPS) is 19.3. The summed E-state index contributed by atoms with van der Waals surface area (Å²) in [6, 6.07) is 8.25. The van der Waals surface area contributed by atoms with E-state index in [1.54, 1.807) is 0 Å². The van der Waals surface area contributed by atoms with E-state index in [2.05, 4.69) is 4.98 Å². The molecule has 2 heterocycles. The van der Waals surface area contributed by atoms with Gasteiger partial charge in [0.2, 0.25) is 0 Å². The number of carbonyl (C=O) groups is 1. The van der Waals surface area contributed by atoms with E-state index in [-0.39, 0.29) is 5.91 Å². The number of carbonyl (C=O) groups excluding carboxylic acids is 1. The van der Waals surface area contributed by atoms with Crippen LogP contribution in [0.3, 0.4) is 0 Å². The van der Waals surface area contributed by atoms with Crippen LogP contribution in [0.5, 0.6) is 0 Å². The number of rotatable bonds is 2. The number of benzene rings is 1. The van der Waals surface area contributed by atoms with Gasteiger partial charge in [0, 0.05) is 30.4 Å². The number of nitrogens with zero attached hydrogens (tertiary/aromatic N) is 1. The standard InChI is InChI=1S/C14H16N2OS/c1-16(11-6-8-18-9-11)14(17)12-4-2-3-10-5-7-15-13(10)12/h2-5,7,11,15H,6,8-9H2,1H3. The Balaban J connectivity index is 1.93. The topological polar surface area (TPSA) is 36.1 Å². The lowest BCUT2D eigenvalue weighted by Crippen LogP contribution is -2.37. The van der Waals surface area contributed by atoms with Crippen molar-refractivity contribution in [1.82, 2.24) is 9.88 Å². The maximum absolute atomic E-state index is 12.5. The number of para-hydroxylation sites is 1. The minimum absolute atomic E-state index is 0.121. The van der Waals surface area contributed by atoms with Crippen molar-refractivity contribution >= 4 is 28.6 Å². The van der Waals surface area contributed by atoms with Crippen LogP contribution >= 0.6 is 11.8 Å². The van der Waals surface area contributed by atoms with Crippen LogP contribution in [-0.2, 0) is 0 Å². The molecule has 94 valence electrons. The van der Waals surface area contributed by atoms with Crippen LogP contribution in [0.25, 0.3) is 10.9 Å². The average molecular weight is 260 g/mol. The van der Waals surface area contributed by atoms with Gasteiger partial charge >= 0.3 is 0 Å². The van der Waals surface area contributed by atoms with Crippen LogP contribution in [0.4, 0.5) is 0 Å². The summed E-state index contributed by atoms with van der Waals surface area (Å²) < 4.78 is 0. The molecule has 4 heteroatoms. The van der Waals surface area contributed by atoms with Gasteiger partial charge < -0.3 is 9.88 Å². The van der Waals surface area contributed by atoms with Crippen LogP contribution in [0.2, 0.25) is 0 Å². The van der Waals surface area contributed by atoms with Gasteiger partial charge in [-0.05, 0) is 24.3 Å². The van der Waals surface area contributed by atoms with Gasteiger partial charge in [-0.1, -0.05) is 12.1 Å². The fourth-order valence-corrected chi connectivity index (χ4v) is 3.71. The molecular weight excluding hydrogens is 244 g/mol. The van der Waals surface area contributed by atoms with Crippen molar-refractivity contribution in [2.45, 2.75) is 12.5 Å². The molecule has 1 N–H and O–H groups in total. The van der Waals surface area contributed by atoms with Gasteiger partial charge in [-0.2, -0.15) is 11.8 Å². The molecule has 1 atom stereocenters. The fourth-order valence-electron chi connectivity index (χ4n) is 2.45. The summed E-state index contributed by atoms with van der Waals surface area (Å²) in [5.74, 6) is 2.34. The molecule has 0 aliphatic carbocycles. The molecule has 1 unspecified atom stereocenters. The van der Waals surface area contributed by atoms with Crippen molar-refractivity contribution < 1.29 is 4.79 Å². The van der Waals surface area contributed by atoms with Crippen LogP contribution in [0.15, 0.2) is 30.5 Å². The molecule has 2 aromatic rings. The molecule has 18 heavy (non-hydrogen) atoms. The second-order valence-electron chi connectivity index (χ2n) is 4.68. The van der Waals surface area contributed by atoms with Gasteiger partial charge in [0.25, 0.3) is 5.91 Å². The molecular formula is C14H16N2OS. The molecule has 1 fully saturated rings. The summed E-state index contributed by atoms with van der Waals surface area (Å²) in [5.41, 5.74) is 1.72. The van der Waals surface area contributed by atoms with E-state index in [4.69, 9.17) is 0 Å². The molecule has 0 bridgehead atoms. The van der Waals surface area contributed by atoms with E-state index in [1.165, 1.54) is 0 Å². The molecule has 0 spiro atoms. The summed E-state index contributed by atoms with van der Waals surface area (Å²) in [5, 5.41) is 1.09. The lowest BCUT2D eigenvalue weighted by atomic mass is 10.1. The molecule has 3 nitrogen and oxygen atoms in total. The van der Waals surface area contributed by atoms with Gasteiger partial charge in [-0.25, -0.2) is 0 Å². The third kappa shape index (κ3) is 1.90. The zero-order chi connectivity index (χ0) is 12.5. The second-order valence-corrected chi connectivity index (χ2v) is 5.83. The molecule has 1 aromatic heterocycles. The number of hydrogen-bond acceptors (Lipinski definition) is 2. The first-order valence-corrected chi connectivity index (χ1v) is 7.34. The van der Waals surface area contributed by atoms with E-state index < -0.39 is 0 Å². The van der Waals surface area contributed by atoms with Gasteiger partial charge in [-0.3, -0.25) is 4.79 Å². The van der Waals surface area contributed by atoms with Crippen LogP contribution in [0.1, 0.15) is 16.8 Å². The zero-order valence-corrected chi connectivity index (χ0v) is 11.2. The Kier molecular flexibility index (Phi) is 3.04. The molecule has 1 saturated heterocycles. The van der Waals surface area contributed by atoms with Gasteiger partial charge in [-0.15, -0.1) is 0 Å². The van der Waals surface area contributed by atoms with Crippen LogP contribution in [-0.4, -0.2) is 40.4 Å². The first-order valence-electron chi connectivity index (χ1n) is 6.18. The number of fused-ring (bicyclic) bond motifs is 1. The Morgan fingerprint density at radius 2 is 2.33 bits per heavy atom. The van der Waals surface area contributed by atoms with E-state index in [9.17, 15) is 4.79 Å². The smallest absolute Gasteiger partial charge is 0.256 e. The number of nitrogens with one attached hydrogen (secondary N) is 1. The SMILES string of the molecule is CN(C(=O)c1cccc2cc[nH]c12)C1CCSC1. The van der Waals surface area contributed by atoms with Crippen LogP contribution < -0.4 is 0 Å². The first kappa shape index (κ1) is 11.7. The van der Waals surface area contributed by atoms with E-state index >= 15 is 0 Å². The van der Waals surface area contributed by atoms with Crippen molar-refractivity contribution in [2.75, 3.05) is 18.6 Å². The number of aromatic nitrogens is 1. The van der Waals surface area contributed by atoms with Gasteiger partial charge in [0.1, 0.15) is 0 Å². The Morgan fingerprint density at radius 1 is 1.44 bits per heavy atom. The monoisotopic (exact) mass is 260 g/mol. The molecule has 3 rings (SSSR count). The summed E-state index contributed by atoms with van der Waals surface area (Å²) in [6.45, 7) is 0. The third-order valence-corrected chi connectivity index (χ3v) is 4.74. The highest BCUT2D eigenvalue weighted by molar-refractivity contribution is 7.99. The molecule has 1 aliphatic heterocycles. The van der Waals surface area contributed by atoms with Crippen molar-refractivity contribution in [1.29, 1.82) is 0 Å². The number of amides is 1. The maximum atomic E-state index is 12.5. The fraction of sp³-hybridized carbons (Fsp3) is 0.357. The largest absolute Gasteiger partial charge is 0.361 e. The van der Waals surface area contributed by atoms with E-state index in [0.717, 1.165) is 34.4 Å². The lowest BCUT2D eigenvalue weighted by molar-refractivity contribution is 0.0749. The number of H-pyrrole nitrogens is 1. The van der Waals surface area contributed by atoms with E-state index in [1.807, 2.05) is 54.2 Å². The number of thioether (sulfide) groups is 1. The Bertz CT molecular complexity index is 572. The average Bonchev–Trinajstić information content (AvgIpc) is 3.06. The molecule has 1 amide bonds. The maximum Gasteiger partial charge on any atom is 0.256 e. The summed E-state index contributed by atoms with van der Waals surface area (Å²) >= 11 is 1.93. The minimum Gasteiger partial charge on any atom is -0.361 e. The highest BCUT2D eigenvalue weighted by atomic mass is 32.2. The van der Waals surface area contributed by atoms with Gasteiger partial charge in [0.15, 0.2) is 0 Å². The number of hydrogen-bond donors (Lipinski definition) is 1. The Hall–Kier alpha value is -1.42.